The van der Waals surface area contributed by atoms with Crippen molar-refractivity contribution < 1.29 is 22.8 Å². The van der Waals surface area contributed by atoms with Crippen LogP contribution in [0, 0.1) is 0 Å². The predicted molar refractivity (Wildman–Crippen MR) is 90.2 cm³/mol. The summed E-state index contributed by atoms with van der Waals surface area (Å²) in [6, 6.07) is 7.13. The number of para-hydroxylation sites is 1. The summed E-state index contributed by atoms with van der Waals surface area (Å²) >= 11 is 17.2. The molecule has 0 fully saturated rings. The van der Waals surface area contributed by atoms with E-state index in [9.17, 15) is 22.8 Å². The molecule has 0 unspecified atom stereocenters. The molecule has 0 saturated carbocycles. The second-order valence-corrected chi connectivity index (χ2v) is 5.92. The van der Waals surface area contributed by atoms with Crippen LogP contribution in [0.2, 0.25) is 15.1 Å². The quantitative estimate of drug-likeness (QED) is 0.664. The number of carbonyl (C=O) groups is 2. The molecule has 2 amide bonds. The number of benzene rings is 2. The number of hydrogen-bond acceptors (Lipinski definition) is 2. The molecule has 25 heavy (non-hydrogen) atoms. The number of carbonyl (C=O) groups excluding carboxylic acids is 2. The second-order valence-electron chi connectivity index (χ2n) is 4.70. The van der Waals surface area contributed by atoms with Gasteiger partial charge in [0.05, 0.1) is 26.3 Å². The van der Waals surface area contributed by atoms with Crippen LogP contribution in [0.5, 0.6) is 0 Å². The number of hydrogen-bond donors (Lipinski definition) is 2. The lowest BCUT2D eigenvalue weighted by Gasteiger charge is -2.12. The average Bonchev–Trinajstić information content (AvgIpc) is 2.51. The maximum atomic E-state index is 12.8. The van der Waals surface area contributed by atoms with Crippen molar-refractivity contribution in [3.8, 4) is 0 Å². The van der Waals surface area contributed by atoms with Gasteiger partial charge in [-0.15, -0.1) is 0 Å². The molecule has 4 nitrogen and oxygen atoms in total. The van der Waals surface area contributed by atoms with Gasteiger partial charge in [0.1, 0.15) is 0 Å². The Hall–Kier alpha value is -1.96. The van der Waals surface area contributed by atoms with Crippen molar-refractivity contribution in [2.75, 3.05) is 10.6 Å². The third kappa shape index (κ3) is 4.78. The van der Waals surface area contributed by atoms with E-state index in [0.717, 1.165) is 12.1 Å². The smallest absolute Gasteiger partial charge is 0.318 e. The lowest BCUT2D eigenvalue weighted by atomic mass is 10.2. The van der Waals surface area contributed by atoms with Crippen molar-refractivity contribution >= 4 is 58.0 Å². The summed E-state index contributed by atoms with van der Waals surface area (Å²) in [5.74, 6) is -2.36. The summed E-state index contributed by atoms with van der Waals surface area (Å²) in [6.45, 7) is 0. The van der Waals surface area contributed by atoms with Crippen molar-refractivity contribution in [2.45, 2.75) is 6.18 Å². The highest BCUT2D eigenvalue weighted by Crippen LogP contribution is 2.36. The molecule has 2 aromatic rings. The van der Waals surface area contributed by atoms with E-state index in [1.54, 1.807) is 0 Å². The third-order valence-electron chi connectivity index (χ3n) is 2.94. The summed E-state index contributed by atoms with van der Waals surface area (Å²) in [6.07, 6.45) is -4.70. The summed E-state index contributed by atoms with van der Waals surface area (Å²) in [5, 5.41) is 3.90. The SMILES string of the molecule is O=C(Nc1ccc(Cl)c(C(F)(F)F)c1)C(=O)Nc1c(Cl)cccc1Cl. The van der Waals surface area contributed by atoms with Crippen LogP contribution in [0.25, 0.3) is 0 Å². The number of rotatable bonds is 2. The standard InChI is InChI=1S/C15H8Cl3F3N2O2/c16-9-5-4-7(6-8(9)15(19,20)21)22-13(24)14(25)23-12-10(17)2-1-3-11(12)18/h1-6H,(H,22,24)(H,23,25). The molecule has 2 aromatic carbocycles. The number of halogens is 6. The molecule has 0 saturated heterocycles. The Morgan fingerprint density at radius 1 is 0.840 bits per heavy atom. The topological polar surface area (TPSA) is 58.2 Å². The van der Waals surface area contributed by atoms with Gasteiger partial charge >= 0.3 is 18.0 Å². The second kappa shape index (κ2) is 7.51. The summed E-state index contributed by atoms with van der Waals surface area (Å²) in [7, 11) is 0. The molecule has 0 aliphatic carbocycles. The molecule has 0 aliphatic heterocycles. The molecule has 0 atom stereocenters. The Balaban J connectivity index is 2.16. The first-order valence-corrected chi connectivity index (χ1v) is 7.66. The fourth-order valence-corrected chi connectivity index (χ4v) is 2.51. The molecule has 0 aromatic heterocycles. The minimum absolute atomic E-state index is 0.0121. The van der Waals surface area contributed by atoms with Crippen LogP contribution in [0.15, 0.2) is 36.4 Å². The Labute approximate surface area is 154 Å². The molecule has 0 spiro atoms. The van der Waals surface area contributed by atoms with Gasteiger partial charge < -0.3 is 10.6 Å². The number of anilines is 2. The van der Waals surface area contributed by atoms with Gasteiger partial charge in [-0.2, -0.15) is 13.2 Å². The normalized spacial score (nSPS) is 11.1. The van der Waals surface area contributed by atoms with Gasteiger partial charge in [0.2, 0.25) is 0 Å². The van der Waals surface area contributed by atoms with Gasteiger partial charge in [-0.25, -0.2) is 0 Å². The molecule has 0 heterocycles. The molecule has 10 heteroatoms. The van der Waals surface area contributed by atoms with E-state index in [1.165, 1.54) is 18.2 Å². The van der Waals surface area contributed by atoms with E-state index < -0.39 is 28.6 Å². The Bertz CT molecular complexity index is 821. The van der Waals surface area contributed by atoms with Crippen LogP contribution in [-0.4, -0.2) is 11.8 Å². The molecule has 0 aliphatic rings. The van der Waals surface area contributed by atoms with Crippen molar-refractivity contribution in [1.82, 2.24) is 0 Å². The number of alkyl halides is 3. The van der Waals surface area contributed by atoms with E-state index in [2.05, 4.69) is 5.32 Å². The highest BCUT2D eigenvalue weighted by atomic mass is 35.5. The van der Waals surface area contributed by atoms with Crippen molar-refractivity contribution in [3.63, 3.8) is 0 Å². The Morgan fingerprint density at radius 3 is 1.96 bits per heavy atom. The minimum Gasteiger partial charge on any atom is -0.318 e. The number of nitrogens with one attached hydrogen (secondary N) is 2. The van der Waals surface area contributed by atoms with Crippen LogP contribution < -0.4 is 10.6 Å². The maximum absolute atomic E-state index is 12.8. The highest BCUT2D eigenvalue weighted by Gasteiger charge is 2.33. The molecular formula is C15H8Cl3F3N2O2. The predicted octanol–water partition coefficient (Wildman–Crippen LogP) is 5.24. The van der Waals surface area contributed by atoms with Crippen LogP contribution in [0.1, 0.15) is 5.56 Å². The van der Waals surface area contributed by atoms with Crippen molar-refractivity contribution in [2.24, 2.45) is 0 Å². The first-order chi connectivity index (χ1) is 11.6. The monoisotopic (exact) mass is 410 g/mol. The number of amides is 2. The van der Waals surface area contributed by atoms with E-state index in [0.29, 0.717) is 6.07 Å². The van der Waals surface area contributed by atoms with Gasteiger partial charge in [-0.05, 0) is 30.3 Å². The van der Waals surface area contributed by atoms with Gasteiger partial charge in [-0.3, -0.25) is 9.59 Å². The fraction of sp³-hybridized carbons (Fsp3) is 0.0667. The third-order valence-corrected chi connectivity index (χ3v) is 3.90. The average molecular weight is 412 g/mol. The zero-order chi connectivity index (χ0) is 18.8. The molecular weight excluding hydrogens is 404 g/mol. The highest BCUT2D eigenvalue weighted by molar-refractivity contribution is 6.46. The van der Waals surface area contributed by atoms with Crippen LogP contribution in [0.4, 0.5) is 24.5 Å². The van der Waals surface area contributed by atoms with E-state index >= 15 is 0 Å². The molecule has 2 rings (SSSR count). The maximum Gasteiger partial charge on any atom is 0.417 e. The Kier molecular flexibility index (Phi) is 5.82. The zero-order valence-corrected chi connectivity index (χ0v) is 14.3. The molecule has 0 radical (unpaired) electrons. The molecule has 2 N–H and O–H groups in total. The zero-order valence-electron chi connectivity index (χ0n) is 12.0. The van der Waals surface area contributed by atoms with Gasteiger partial charge in [0, 0.05) is 5.69 Å². The van der Waals surface area contributed by atoms with Crippen LogP contribution in [-0.2, 0) is 15.8 Å². The Morgan fingerprint density at radius 2 is 1.40 bits per heavy atom. The first-order valence-electron chi connectivity index (χ1n) is 6.52. The fourth-order valence-electron chi connectivity index (χ4n) is 1.80. The summed E-state index contributed by atoms with van der Waals surface area (Å²) < 4.78 is 38.4. The minimum atomic E-state index is -4.70. The van der Waals surface area contributed by atoms with Gasteiger partial charge in [-0.1, -0.05) is 40.9 Å². The van der Waals surface area contributed by atoms with E-state index in [1.807, 2.05) is 5.32 Å². The van der Waals surface area contributed by atoms with Crippen molar-refractivity contribution in [1.29, 1.82) is 0 Å². The summed E-state index contributed by atoms with van der Waals surface area (Å²) in [5.41, 5.74) is -1.37. The van der Waals surface area contributed by atoms with Crippen LogP contribution >= 0.6 is 34.8 Å². The molecule has 132 valence electrons. The van der Waals surface area contributed by atoms with Crippen LogP contribution in [0.3, 0.4) is 0 Å². The first kappa shape index (κ1) is 19.4. The lowest BCUT2D eigenvalue weighted by molar-refractivity contribution is -0.137. The van der Waals surface area contributed by atoms with E-state index in [4.69, 9.17) is 34.8 Å². The van der Waals surface area contributed by atoms with Gasteiger partial charge in [0.25, 0.3) is 0 Å². The largest absolute Gasteiger partial charge is 0.417 e. The summed E-state index contributed by atoms with van der Waals surface area (Å²) in [4.78, 5) is 23.7. The van der Waals surface area contributed by atoms with Crippen molar-refractivity contribution in [3.05, 3.63) is 57.0 Å². The van der Waals surface area contributed by atoms with Gasteiger partial charge in [0.15, 0.2) is 0 Å². The van der Waals surface area contributed by atoms with E-state index in [-0.39, 0.29) is 21.4 Å². The lowest BCUT2D eigenvalue weighted by Crippen LogP contribution is -2.29. The molecule has 0 bridgehead atoms.